The van der Waals surface area contributed by atoms with Gasteiger partial charge in [-0.25, -0.2) is 13.2 Å². The highest BCUT2D eigenvalue weighted by atomic mass is 19.3. The summed E-state index contributed by atoms with van der Waals surface area (Å²) in [4.78, 5) is 9.55. The molecule has 0 bridgehead atoms. The fourth-order valence-electron chi connectivity index (χ4n) is 1.07. The van der Waals surface area contributed by atoms with E-state index in [1.807, 2.05) is 0 Å². The Balaban J connectivity index is 2.81. The van der Waals surface area contributed by atoms with Crippen molar-refractivity contribution in [2.24, 2.45) is 0 Å². The van der Waals surface area contributed by atoms with E-state index in [1.165, 1.54) is 0 Å². The van der Waals surface area contributed by atoms with Crippen LogP contribution in [0.25, 0.3) is 0 Å². The number of hydrogen-bond acceptors (Lipinski definition) is 4. The summed E-state index contributed by atoms with van der Waals surface area (Å²) in [5, 5.41) is 20.8. The lowest BCUT2D eigenvalue weighted by molar-refractivity contribution is -0.385. The normalized spacial score (nSPS) is 11.3. The van der Waals surface area contributed by atoms with Crippen molar-refractivity contribution in [3.05, 3.63) is 34.1 Å². The predicted molar refractivity (Wildman–Crippen MR) is 53.6 cm³/mol. The molecule has 5 nitrogen and oxygen atoms in total. The van der Waals surface area contributed by atoms with Crippen molar-refractivity contribution in [2.45, 2.75) is 5.92 Å². The molecule has 0 radical (unpaired) electrons. The van der Waals surface area contributed by atoms with E-state index in [1.54, 1.807) is 0 Å². The second kappa shape index (κ2) is 5.00. The fraction of sp³-hybridized carbons (Fsp3) is 0.333. The van der Waals surface area contributed by atoms with E-state index in [0.717, 1.165) is 12.1 Å². The largest absolute Gasteiger partial charge is 0.390 e. The summed E-state index contributed by atoms with van der Waals surface area (Å²) >= 11 is 0. The molecule has 0 heterocycles. The Morgan fingerprint density at radius 3 is 2.59 bits per heavy atom. The summed E-state index contributed by atoms with van der Waals surface area (Å²) in [6.45, 7) is -2.30. The van der Waals surface area contributed by atoms with Gasteiger partial charge in [0.25, 0.3) is 11.6 Å². The summed E-state index contributed by atoms with van der Waals surface area (Å²) in [7, 11) is 0. The molecule has 1 aromatic rings. The third-order valence-corrected chi connectivity index (χ3v) is 1.88. The van der Waals surface area contributed by atoms with Crippen LogP contribution < -0.4 is 5.32 Å². The van der Waals surface area contributed by atoms with Gasteiger partial charge in [0.1, 0.15) is 12.4 Å². The van der Waals surface area contributed by atoms with Gasteiger partial charge in [0.2, 0.25) is 0 Å². The maximum Gasteiger partial charge on any atom is 0.287 e. The van der Waals surface area contributed by atoms with Gasteiger partial charge in [0.15, 0.2) is 0 Å². The minimum Gasteiger partial charge on any atom is -0.390 e. The monoisotopic (exact) mass is 250 g/mol. The second-order valence-corrected chi connectivity index (χ2v) is 3.32. The number of halogens is 3. The Labute approximate surface area is 94.0 Å². The van der Waals surface area contributed by atoms with E-state index < -0.39 is 35.5 Å². The number of nitro benzene ring substituents is 1. The Hall–Kier alpha value is -1.83. The van der Waals surface area contributed by atoms with Crippen LogP contribution in [0.4, 0.5) is 24.5 Å². The van der Waals surface area contributed by atoms with Crippen LogP contribution >= 0.6 is 0 Å². The van der Waals surface area contributed by atoms with Gasteiger partial charge in [-0.05, 0) is 6.07 Å². The number of rotatable bonds is 5. The van der Waals surface area contributed by atoms with Crippen molar-refractivity contribution in [1.82, 2.24) is 0 Å². The average molecular weight is 250 g/mol. The molecule has 0 unspecified atom stereocenters. The standard InChI is InChI=1S/C9H9F3N2O3/c10-6-1-7(3-8(2-6)14(16)17)13-4-9(11,12)5-15/h1-3,13,15H,4-5H2. The van der Waals surface area contributed by atoms with Gasteiger partial charge in [0, 0.05) is 11.8 Å². The second-order valence-electron chi connectivity index (χ2n) is 3.32. The van der Waals surface area contributed by atoms with Gasteiger partial charge in [0.05, 0.1) is 17.5 Å². The SMILES string of the molecule is O=[N+]([O-])c1cc(F)cc(NCC(F)(F)CO)c1. The number of anilines is 1. The molecule has 0 aliphatic heterocycles. The van der Waals surface area contributed by atoms with Crippen LogP contribution in [0.1, 0.15) is 0 Å². The maximum atomic E-state index is 12.9. The molecule has 0 amide bonds. The van der Waals surface area contributed by atoms with Crippen molar-refractivity contribution < 1.29 is 23.2 Å². The average Bonchev–Trinajstić information content (AvgIpc) is 2.26. The van der Waals surface area contributed by atoms with E-state index >= 15 is 0 Å². The zero-order valence-corrected chi connectivity index (χ0v) is 8.49. The molecule has 0 saturated heterocycles. The number of benzene rings is 1. The maximum absolute atomic E-state index is 12.9. The van der Waals surface area contributed by atoms with Gasteiger partial charge in [-0.2, -0.15) is 0 Å². The number of alkyl halides is 2. The molecule has 17 heavy (non-hydrogen) atoms. The minimum absolute atomic E-state index is 0.148. The molecule has 0 aliphatic carbocycles. The van der Waals surface area contributed by atoms with Crippen molar-refractivity contribution in [2.75, 3.05) is 18.5 Å². The van der Waals surface area contributed by atoms with Crippen LogP contribution in [0.5, 0.6) is 0 Å². The smallest absolute Gasteiger partial charge is 0.287 e. The van der Waals surface area contributed by atoms with Crippen LogP contribution in [0.2, 0.25) is 0 Å². The molecule has 0 atom stereocenters. The Morgan fingerprint density at radius 1 is 1.41 bits per heavy atom. The van der Waals surface area contributed by atoms with Gasteiger partial charge in [-0.15, -0.1) is 0 Å². The summed E-state index contributed by atoms with van der Waals surface area (Å²) in [5.74, 6) is -4.28. The topological polar surface area (TPSA) is 75.4 Å². The fourth-order valence-corrected chi connectivity index (χ4v) is 1.07. The van der Waals surface area contributed by atoms with E-state index in [2.05, 4.69) is 5.32 Å². The zero-order valence-electron chi connectivity index (χ0n) is 8.49. The van der Waals surface area contributed by atoms with Crippen LogP contribution in [0.15, 0.2) is 18.2 Å². The number of hydrogen-bond donors (Lipinski definition) is 2. The lowest BCUT2D eigenvalue weighted by Crippen LogP contribution is -2.31. The number of aliphatic hydroxyl groups excluding tert-OH is 1. The molecule has 0 fully saturated rings. The number of nitrogens with one attached hydrogen (secondary N) is 1. The van der Waals surface area contributed by atoms with Gasteiger partial charge in [-0.1, -0.05) is 0 Å². The van der Waals surface area contributed by atoms with Crippen LogP contribution in [-0.4, -0.2) is 29.1 Å². The predicted octanol–water partition coefficient (Wildman–Crippen LogP) is 1.77. The molecule has 0 saturated carbocycles. The van der Waals surface area contributed by atoms with Crippen LogP contribution in [0.3, 0.4) is 0 Å². The molecule has 8 heteroatoms. The Kier molecular flexibility index (Phi) is 3.89. The first-order chi connectivity index (χ1) is 7.84. The molecular formula is C9H9F3N2O3. The van der Waals surface area contributed by atoms with E-state index in [-0.39, 0.29) is 5.69 Å². The molecule has 2 N–H and O–H groups in total. The van der Waals surface area contributed by atoms with Crippen molar-refractivity contribution in [3.8, 4) is 0 Å². The minimum atomic E-state index is -3.37. The molecule has 1 aromatic carbocycles. The van der Waals surface area contributed by atoms with E-state index in [0.29, 0.717) is 6.07 Å². The highest BCUT2D eigenvalue weighted by Gasteiger charge is 2.27. The van der Waals surface area contributed by atoms with E-state index in [4.69, 9.17) is 5.11 Å². The Morgan fingerprint density at radius 2 is 2.06 bits per heavy atom. The van der Waals surface area contributed by atoms with Crippen molar-refractivity contribution in [1.29, 1.82) is 0 Å². The first-order valence-corrected chi connectivity index (χ1v) is 4.51. The number of nitrogens with zero attached hydrogens (tertiary/aromatic N) is 1. The third-order valence-electron chi connectivity index (χ3n) is 1.88. The molecule has 0 aromatic heterocycles. The van der Waals surface area contributed by atoms with Crippen LogP contribution in [-0.2, 0) is 0 Å². The summed E-state index contributed by atoms with van der Waals surface area (Å²) in [6.07, 6.45) is 0. The molecule has 94 valence electrons. The van der Waals surface area contributed by atoms with Crippen molar-refractivity contribution in [3.63, 3.8) is 0 Å². The molecule has 1 rings (SSSR count). The third kappa shape index (κ3) is 3.91. The number of non-ortho nitro benzene ring substituents is 1. The summed E-state index contributed by atoms with van der Waals surface area (Å²) in [5.41, 5.74) is -0.690. The highest BCUT2D eigenvalue weighted by molar-refractivity contribution is 5.51. The summed E-state index contributed by atoms with van der Waals surface area (Å²) in [6, 6.07) is 2.45. The quantitative estimate of drug-likeness (QED) is 0.617. The Bertz CT molecular complexity index is 426. The first-order valence-electron chi connectivity index (χ1n) is 4.51. The summed E-state index contributed by atoms with van der Waals surface area (Å²) < 4.78 is 38.2. The lowest BCUT2D eigenvalue weighted by Gasteiger charge is -2.14. The lowest BCUT2D eigenvalue weighted by atomic mass is 10.2. The van der Waals surface area contributed by atoms with Gasteiger partial charge in [-0.3, -0.25) is 10.1 Å². The number of nitro groups is 1. The highest BCUT2D eigenvalue weighted by Crippen LogP contribution is 2.21. The zero-order chi connectivity index (χ0) is 13.1. The van der Waals surface area contributed by atoms with Crippen molar-refractivity contribution >= 4 is 11.4 Å². The van der Waals surface area contributed by atoms with Gasteiger partial charge < -0.3 is 10.4 Å². The number of aliphatic hydroxyl groups is 1. The molecule has 0 aliphatic rings. The molecule has 0 spiro atoms. The van der Waals surface area contributed by atoms with Crippen LogP contribution in [0, 0.1) is 15.9 Å². The molecular weight excluding hydrogens is 241 g/mol. The van der Waals surface area contributed by atoms with E-state index in [9.17, 15) is 23.3 Å². The van der Waals surface area contributed by atoms with Gasteiger partial charge >= 0.3 is 0 Å². The first kappa shape index (κ1) is 13.2.